The van der Waals surface area contributed by atoms with Crippen LogP contribution in [0, 0.1) is 0 Å². The smallest absolute Gasteiger partial charge is 0.408 e. The molecule has 0 radical (unpaired) electrons. The first kappa shape index (κ1) is 25.3. The Morgan fingerprint density at radius 3 is 2.41 bits per heavy atom. The molecule has 0 aliphatic carbocycles. The van der Waals surface area contributed by atoms with E-state index in [1.54, 1.807) is 45.9 Å². The summed E-state index contributed by atoms with van der Waals surface area (Å²) >= 11 is 0. The highest BCUT2D eigenvalue weighted by Gasteiger charge is 2.42. The topological polar surface area (TPSA) is 97.0 Å². The van der Waals surface area contributed by atoms with Crippen molar-refractivity contribution in [2.24, 2.45) is 0 Å². The molecule has 2 N–H and O–H groups in total. The Hall–Kier alpha value is -2.98. The van der Waals surface area contributed by atoms with Crippen molar-refractivity contribution in [2.75, 3.05) is 18.6 Å². The van der Waals surface area contributed by atoms with Crippen molar-refractivity contribution in [1.29, 1.82) is 0 Å². The standard InChI is InChI=1S/C21H28F3N3O5/c1-6-14(26-19(30)32-20(2,3)4)18(29)27-15-8-7-13(31-5)9-12(15)10-16(27)17(28)25-11-21(22,23)24/h7-9,14,16H,6,10-11H2,1-5H3,(H,25,28)(H,26,30)/t14-,16?/m0/s1. The van der Waals surface area contributed by atoms with Gasteiger partial charge in [0.15, 0.2) is 0 Å². The van der Waals surface area contributed by atoms with Gasteiger partial charge in [-0.1, -0.05) is 6.92 Å². The third-order valence-electron chi connectivity index (χ3n) is 4.67. The lowest BCUT2D eigenvalue weighted by molar-refractivity contribution is -0.139. The summed E-state index contributed by atoms with van der Waals surface area (Å²) in [6.45, 7) is 5.14. The molecule has 0 saturated heterocycles. The molecule has 1 aliphatic heterocycles. The predicted octanol–water partition coefficient (Wildman–Crippen LogP) is 2.93. The summed E-state index contributed by atoms with van der Waals surface area (Å²) in [7, 11) is 1.45. The zero-order valence-corrected chi connectivity index (χ0v) is 18.6. The molecule has 8 nitrogen and oxygen atoms in total. The van der Waals surface area contributed by atoms with Crippen molar-refractivity contribution in [2.45, 2.75) is 64.4 Å². The van der Waals surface area contributed by atoms with Gasteiger partial charge in [0.25, 0.3) is 0 Å². The maximum absolute atomic E-state index is 13.3. The predicted molar refractivity (Wildman–Crippen MR) is 110 cm³/mol. The summed E-state index contributed by atoms with van der Waals surface area (Å²) < 4.78 is 48.2. The number of carbonyl (C=O) groups excluding carboxylic acids is 3. The second-order valence-corrected chi connectivity index (χ2v) is 8.36. The molecule has 1 aromatic carbocycles. The summed E-state index contributed by atoms with van der Waals surface area (Å²) in [5, 5.41) is 4.32. The van der Waals surface area contributed by atoms with E-state index in [2.05, 4.69) is 5.32 Å². The van der Waals surface area contributed by atoms with Gasteiger partial charge < -0.3 is 20.1 Å². The van der Waals surface area contributed by atoms with Crippen molar-refractivity contribution in [3.05, 3.63) is 23.8 Å². The molecule has 3 amide bonds. The maximum atomic E-state index is 13.3. The van der Waals surface area contributed by atoms with Gasteiger partial charge in [-0.05, 0) is 51.0 Å². The molecule has 11 heteroatoms. The van der Waals surface area contributed by atoms with Gasteiger partial charge in [-0.2, -0.15) is 13.2 Å². The van der Waals surface area contributed by atoms with Crippen LogP contribution in [0.25, 0.3) is 0 Å². The Bertz CT molecular complexity index is 867. The molecule has 2 atom stereocenters. The largest absolute Gasteiger partial charge is 0.497 e. The number of hydrogen-bond acceptors (Lipinski definition) is 5. The number of halogens is 3. The summed E-state index contributed by atoms with van der Waals surface area (Å²) in [5.41, 5.74) is 0.145. The Kier molecular flexibility index (Phi) is 7.63. The SMILES string of the molecule is CC[C@H](NC(=O)OC(C)(C)C)C(=O)N1c2ccc(OC)cc2CC1C(=O)NCC(F)(F)F. The first-order chi connectivity index (χ1) is 14.8. The van der Waals surface area contributed by atoms with Crippen LogP contribution in [0.2, 0.25) is 0 Å². The van der Waals surface area contributed by atoms with E-state index in [0.29, 0.717) is 17.0 Å². The highest BCUT2D eigenvalue weighted by Crippen LogP contribution is 2.36. The minimum atomic E-state index is -4.59. The summed E-state index contributed by atoms with van der Waals surface area (Å²) in [5.74, 6) is -1.10. The molecule has 0 saturated carbocycles. The van der Waals surface area contributed by atoms with Gasteiger partial charge in [0.1, 0.15) is 30.0 Å². The van der Waals surface area contributed by atoms with Gasteiger partial charge in [-0.15, -0.1) is 0 Å². The van der Waals surface area contributed by atoms with Gasteiger partial charge in [0.2, 0.25) is 11.8 Å². The molecule has 0 bridgehead atoms. The van der Waals surface area contributed by atoms with Crippen molar-refractivity contribution >= 4 is 23.6 Å². The third-order valence-corrected chi connectivity index (χ3v) is 4.67. The number of benzene rings is 1. The monoisotopic (exact) mass is 459 g/mol. The molecule has 1 heterocycles. The molecule has 1 aliphatic rings. The number of alkyl carbamates (subject to hydrolysis) is 1. The van der Waals surface area contributed by atoms with Crippen LogP contribution < -0.4 is 20.3 Å². The van der Waals surface area contributed by atoms with E-state index in [-0.39, 0.29) is 12.8 Å². The Morgan fingerprint density at radius 1 is 1.22 bits per heavy atom. The lowest BCUT2D eigenvalue weighted by atomic mass is 10.1. The number of nitrogens with one attached hydrogen (secondary N) is 2. The number of alkyl halides is 3. The number of methoxy groups -OCH3 is 1. The molecule has 0 aromatic heterocycles. The number of anilines is 1. The Morgan fingerprint density at radius 2 is 1.88 bits per heavy atom. The highest BCUT2D eigenvalue weighted by molar-refractivity contribution is 6.06. The minimum absolute atomic E-state index is 0.00480. The lowest BCUT2D eigenvalue weighted by Gasteiger charge is -2.29. The number of ether oxygens (including phenoxy) is 2. The molecule has 178 valence electrons. The van der Waals surface area contributed by atoms with Crippen LogP contribution in [-0.4, -0.2) is 55.4 Å². The molecule has 32 heavy (non-hydrogen) atoms. The van der Waals surface area contributed by atoms with E-state index in [1.807, 2.05) is 5.32 Å². The Labute approximate surface area is 184 Å². The lowest BCUT2D eigenvalue weighted by Crippen LogP contribution is -2.55. The zero-order valence-electron chi connectivity index (χ0n) is 18.6. The van der Waals surface area contributed by atoms with E-state index >= 15 is 0 Å². The van der Waals surface area contributed by atoms with E-state index in [9.17, 15) is 27.6 Å². The van der Waals surface area contributed by atoms with E-state index in [1.165, 1.54) is 7.11 Å². The first-order valence-corrected chi connectivity index (χ1v) is 10.1. The van der Waals surface area contributed by atoms with Crippen LogP contribution in [0.5, 0.6) is 5.75 Å². The average Bonchev–Trinajstić information content (AvgIpc) is 3.06. The van der Waals surface area contributed by atoms with Crippen LogP contribution >= 0.6 is 0 Å². The van der Waals surface area contributed by atoms with Crippen LogP contribution in [0.1, 0.15) is 39.7 Å². The van der Waals surface area contributed by atoms with Gasteiger partial charge in [-0.3, -0.25) is 14.5 Å². The molecule has 1 aromatic rings. The van der Waals surface area contributed by atoms with E-state index in [4.69, 9.17) is 9.47 Å². The molecular weight excluding hydrogens is 431 g/mol. The van der Waals surface area contributed by atoms with Crippen LogP contribution in [-0.2, 0) is 20.7 Å². The van der Waals surface area contributed by atoms with Crippen molar-refractivity contribution in [3.63, 3.8) is 0 Å². The minimum Gasteiger partial charge on any atom is -0.497 e. The van der Waals surface area contributed by atoms with Crippen LogP contribution in [0.15, 0.2) is 18.2 Å². The number of carbonyl (C=O) groups is 3. The zero-order chi connectivity index (χ0) is 24.3. The molecule has 0 spiro atoms. The van der Waals surface area contributed by atoms with Crippen molar-refractivity contribution < 1.29 is 37.0 Å². The summed E-state index contributed by atoms with van der Waals surface area (Å²) in [4.78, 5) is 39.2. The number of hydrogen-bond donors (Lipinski definition) is 2. The second kappa shape index (κ2) is 9.66. The van der Waals surface area contributed by atoms with Gasteiger partial charge in [0, 0.05) is 12.1 Å². The van der Waals surface area contributed by atoms with E-state index in [0.717, 1.165) is 4.90 Å². The number of fused-ring (bicyclic) bond motifs is 1. The molecule has 0 fully saturated rings. The second-order valence-electron chi connectivity index (χ2n) is 8.36. The molecule has 2 rings (SSSR count). The van der Waals surface area contributed by atoms with Gasteiger partial charge in [-0.25, -0.2) is 4.79 Å². The summed E-state index contributed by atoms with van der Waals surface area (Å²) in [6.07, 6.45) is -5.23. The van der Waals surface area contributed by atoms with Gasteiger partial charge in [0.05, 0.1) is 7.11 Å². The van der Waals surface area contributed by atoms with E-state index < -0.39 is 48.3 Å². The molecular formula is C21H28F3N3O5. The maximum Gasteiger partial charge on any atom is 0.408 e. The van der Waals surface area contributed by atoms with Crippen LogP contribution in [0.4, 0.5) is 23.7 Å². The fourth-order valence-electron chi connectivity index (χ4n) is 3.30. The normalized spacial score (nSPS) is 16.8. The molecule has 1 unspecified atom stereocenters. The highest BCUT2D eigenvalue weighted by atomic mass is 19.4. The number of rotatable bonds is 6. The Balaban J connectivity index is 2.32. The first-order valence-electron chi connectivity index (χ1n) is 10.1. The van der Waals surface area contributed by atoms with Crippen molar-refractivity contribution in [1.82, 2.24) is 10.6 Å². The van der Waals surface area contributed by atoms with Gasteiger partial charge >= 0.3 is 12.3 Å². The fourth-order valence-corrected chi connectivity index (χ4v) is 3.30. The number of amides is 3. The average molecular weight is 459 g/mol. The van der Waals surface area contributed by atoms with Crippen LogP contribution in [0.3, 0.4) is 0 Å². The fraction of sp³-hybridized carbons (Fsp3) is 0.571. The quantitative estimate of drug-likeness (QED) is 0.682. The number of nitrogens with zero attached hydrogens (tertiary/aromatic N) is 1. The third kappa shape index (κ3) is 6.51. The summed E-state index contributed by atoms with van der Waals surface area (Å²) in [6, 6.07) is 2.51. The van der Waals surface area contributed by atoms with Crippen molar-refractivity contribution in [3.8, 4) is 5.75 Å².